The molecule has 0 saturated carbocycles. The molecule has 0 unspecified atom stereocenters. The molecule has 0 aliphatic carbocycles. The largest absolute Gasteiger partial charge is 0.497 e. The van der Waals surface area contributed by atoms with Gasteiger partial charge in [0.1, 0.15) is 11.9 Å². The van der Waals surface area contributed by atoms with Crippen LogP contribution in [0, 0.1) is 0 Å². The lowest BCUT2D eigenvalue weighted by molar-refractivity contribution is 0.0617. The average Bonchev–Trinajstić information content (AvgIpc) is 2.54. The van der Waals surface area contributed by atoms with Crippen LogP contribution in [0.2, 0.25) is 0 Å². The number of hydrogen-bond donors (Lipinski definition) is 1. The van der Waals surface area contributed by atoms with Crippen molar-refractivity contribution < 1.29 is 9.53 Å². The molecule has 4 heteroatoms. The molecule has 0 radical (unpaired) electrons. The van der Waals surface area contributed by atoms with Crippen LogP contribution >= 0.6 is 0 Å². The number of carbonyl (C=O) groups excluding carboxylic acids is 1. The SMILES string of the molecule is COc1ccc([C@@H]2Nc3ccccc3C(=O)N2C(C)C)cc1. The molecule has 0 fully saturated rings. The van der Waals surface area contributed by atoms with Gasteiger partial charge in [-0.3, -0.25) is 4.79 Å². The van der Waals surface area contributed by atoms with E-state index in [-0.39, 0.29) is 18.1 Å². The second-order valence-electron chi connectivity index (χ2n) is 5.67. The molecule has 4 nitrogen and oxygen atoms in total. The van der Waals surface area contributed by atoms with E-state index in [0.717, 1.165) is 22.6 Å². The molecule has 2 aromatic carbocycles. The molecule has 1 amide bonds. The maximum Gasteiger partial charge on any atom is 0.258 e. The molecule has 22 heavy (non-hydrogen) atoms. The molecule has 0 bridgehead atoms. The predicted molar refractivity (Wildman–Crippen MR) is 87.1 cm³/mol. The summed E-state index contributed by atoms with van der Waals surface area (Å²) in [4.78, 5) is 14.7. The number of carbonyl (C=O) groups is 1. The number of methoxy groups -OCH3 is 1. The van der Waals surface area contributed by atoms with Gasteiger partial charge in [0.2, 0.25) is 0 Å². The van der Waals surface area contributed by atoms with E-state index in [0.29, 0.717) is 0 Å². The van der Waals surface area contributed by atoms with Gasteiger partial charge in [-0.25, -0.2) is 0 Å². The molecule has 1 aliphatic rings. The molecule has 1 N–H and O–H groups in total. The van der Waals surface area contributed by atoms with Crippen LogP contribution in [-0.4, -0.2) is 24.0 Å². The third-order valence-electron chi connectivity index (χ3n) is 3.95. The van der Waals surface area contributed by atoms with Gasteiger partial charge >= 0.3 is 0 Å². The van der Waals surface area contributed by atoms with E-state index in [9.17, 15) is 4.79 Å². The van der Waals surface area contributed by atoms with Crippen LogP contribution in [-0.2, 0) is 0 Å². The molecule has 1 atom stereocenters. The maximum atomic E-state index is 12.8. The molecular weight excluding hydrogens is 276 g/mol. The highest BCUT2D eigenvalue weighted by molar-refractivity contribution is 6.01. The van der Waals surface area contributed by atoms with Crippen LogP contribution in [0.25, 0.3) is 0 Å². The van der Waals surface area contributed by atoms with Gasteiger partial charge in [0.15, 0.2) is 0 Å². The summed E-state index contributed by atoms with van der Waals surface area (Å²) in [7, 11) is 1.65. The first-order valence-electron chi connectivity index (χ1n) is 7.44. The van der Waals surface area contributed by atoms with Gasteiger partial charge in [0.05, 0.1) is 12.7 Å². The smallest absolute Gasteiger partial charge is 0.258 e. The highest BCUT2D eigenvalue weighted by Gasteiger charge is 2.34. The van der Waals surface area contributed by atoms with Gasteiger partial charge < -0.3 is 15.0 Å². The summed E-state index contributed by atoms with van der Waals surface area (Å²) in [6, 6.07) is 15.6. The van der Waals surface area contributed by atoms with Gasteiger partial charge in [-0.1, -0.05) is 24.3 Å². The molecule has 0 saturated heterocycles. The van der Waals surface area contributed by atoms with Crippen molar-refractivity contribution in [2.75, 3.05) is 12.4 Å². The van der Waals surface area contributed by atoms with Crippen LogP contribution in [0.15, 0.2) is 48.5 Å². The maximum absolute atomic E-state index is 12.8. The fraction of sp³-hybridized carbons (Fsp3) is 0.278. The fourth-order valence-electron chi connectivity index (χ4n) is 2.83. The zero-order chi connectivity index (χ0) is 15.7. The number of rotatable bonds is 3. The second-order valence-corrected chi connectivity index (χ2v) is 5.67. The van der Waals surface area contributed by atoms with Crippen LogP contribution in [0.3, 0.4) is 0 Å². The Bertz CT molecular complexity index is 680. The highest BCUT2D eigenvalue weighted by atomic mass is 16.5. The van der Waals surface area contributed by atoms with Crippen LogP contribution < -0.4 is 10.1 Å². The molecule has 0 aromatic heterocycles. The second kappa shape index (κ2) is 5.72. The fourth-order valence-corrected chi connectivity index (χ4v) is 2.83. The molecule has 0 spiro atoms. The summed E-state index contributed by atoms with van der Waals surface area (Å²) in [6.45, 7) is 4.06. The number of nitrogens with zero attached hydrogens (tertiary/aromatic N) is 1. The Hall–Kier alpha value is -2.49. The molecule has 1 heterocycles. The number of anilines is 1. The Morgan fingerprint density at radius 3 is 2.41 bits per heavy atom. The Morgan fingerprint density at radius 1 is 1.09 bits per heavy atom. The normalized spacial score (nSPS) is 17.2. The van der Waals surface area contributed by atoms with Gasteiger partial charge in [-0.2, -0.15) is 0 Å². The Balaban J connectivity index is 2.03. The summed E-state index contributed by atoms with van der Waals surface area (Å²) >= 11 is 0. The number of ether oxygens (including phenoxy) is 1. The van der Waals surface area contributed by atoms with Crippen molar-refractivity contribution in [2.24, 2.45) is 0 Å². The van der Waals surface area contributed by atoms with E-state index in [1.54, 1.807) is 7.11 Å². The van der Waals surface area contributed by atoms with E-state index in [2.05, 4.69) is 5.32 Å². The van der Waals surface area contributed by atoms with Gasteiger partial charge in [0.25, 0.3) is 5.91 Å². The zero-order valence-corrected chi connectivity index (χ0v) is 13.0. The number of hydrogen-bond acceptors (Lipinski definition) is 3. The minimum Gasteiger partial charge on any atom is -0.497 e. The standard InChI is InChI=1S/C18H20N2O2/c1-12(2)20-17(13-8-10-14(22-3)11-9-13)19-16-7-5-4-6-15(16)18(20)21/h4-12,17,19H,1-3H3/t17-/m1/s1. The van der Waals surface area contributed by atoms with Crippen molar-refractivity contribution in [3.8, 4) is 5.75 Å². The first kappa shape index (κ1) is 14.4. The lowest BCUT2D eigenvalue weighted by Gasteiger charge is -2.40. The average molecular weight is 296 g/mol. The highest BCUT2D eigenvalue weighted by Crippen LogP contribution is 2.34. The number of benzene rings is 2. The third-order valence-corrected chi connectivity index (χ3v) is 3.95. The van der Waals surface area contributed by atoms with Crippen molar-refractivity contribution in [3.05, 3.63) is 59.7 Å². The number of para-hydroxylation sites is 1. The van der Waals surface area contributed by atoms with Crippen molar-refractivity contribution in [1.82, 2.24) is 4.90 Å². The van der Waals surface area contributed by atoms with Crippen molar-refractivity contribution in [1.29, 1.82) is 0 Å². The number of nitrogens with one attached hydrogen (secondary N) is 1. The number of amides is 1. The monoisotopic (exact) mass is 296 g/mol. The van der Waals surface area contributed by atoms with Gasteiger partial charge in [-0.15, -0.1) is 0 Å². The van der Waals surface area contributed by atoms with Gasteiger partial charge in [-0.05, 0) is 43.7 Å². The van der Waals surface area contributed by atoms with E-state index in [4.69, 9.17) is 4.74 Å². The third kappa shape index (κ3) is 2.41. The molecule has 1 aliphatic heterocycles. The Labute approximate surface area is 130 Å². The lowest BCUT2D eigenvalue weighted by Crippen LogP contribution is -2.46. The van der Waals surface area contributed by atoms with E-state index < -0.39 is 0 Å². The molecule has 3 rings (SSSR count). The summed E-state index contributed by atoms with van der Waals surface area (Å²) in [5.74, 6) is 0.868. The summed E-state index contributed by atoms with van der Waals surface area (Å²) < 4.78 is 5.21. The zero-order valence-electron chi connectivity index (χ0n) is 13.0. The molecular formula is C18H20N2O2. The molecule has 2 aromatic rings. The van der Waals surface area contributed by atoms with Crippen molar-refractivity contribution >= 4 is 11.6 Å². The topological polar surface area (TPSA) is 41.6 Å². The lowest BCUT2D eigenvalue weighted by atomic mass is 10.0. The first-order chi connectivity index (χ1) is 10.6. The van der Waals surface area contributed by atoms with Crippen LogP contribution in [0.5, 0.6) is 5.75 Å². The minimum atomic E-state index is -0.173. The van der Waals surface area contributed by atoms with E-state index in [1.807, 2.05) is 67.3 Å². The summed E-state index contributed by atoms with van der Waals surface area (Å²) in [5.41, 5.74) is 2.64. The van der Waals surface area contributed by atoms with Crippen molar-refractivity contribution in [2.45, 2.75) is 26.1 Å². The number of fused-ring (bicyclic) bond motifs is 1. The first-order valence-corrected chi connectivity index (χ1v) is 7.44. The van der Waals surface area contributed by atoms with Crippen LogP contribution in [0.4, 0.5) is 5.69 Å². The van der Waals surface area contributed by atoms with Crippen LogP contribution in [0.1, 0.15) is 35.9 Å². The quantitative estimate of drug-likeness (QED) is 0.939. The van der Waals surface area contributed by atoms with E-state index in [1.165, 1.54) is 0 Å². The Kier molecular flexibility index (Phi) is 3.75. The van der Waals surface area contributed by atoms with Gasteiger partial charge in [0, 0.05) is 11.7 Å². The van der Waals surface area contributed by atoms with Crippen molar-refractivity contribution in [3.63, 3.8) is 0 Å². The Morgan fingerprint density at radius 2 is 1.77 bits per heavy atom. The van der Waals surface area contributed by atoms with E-state index >= 15 is 0 Å². The molecule has 114 valence electrons. The predicted octanol–water partition coefficient (Wildman–Crippen LogP) is 3.67. The summed E-state index contributed by atoms with van der Waals surface area (Å²) in [5, 5.41) is 3.48. The minimum absolute atomic E-state index is 0.0603. The summed E-state index contributed by atoms with van der Waals surface area (Å²) in [6.07, 6.45) is -0.173.